The second-order valence-corrected chi connectivity index (χ2v) is 6.21. The summed E-state index contributed by atoms with van der Waals surface area (Å²) < 4.78 is 6.58. The summed E-state index contributed by atoms with van der Waals surface area (Å²) in [4.78, 5) is 0. The van der Waals surface area contributed by atoms with E-state index in [1.807, 2.05) is 12.1 Å². The lowest BCUT2D eigenvalue weighted by molar-refractivity contribution is 0.248. The lowest BCUT2D eigenvalue weighted by atomic mass is 9.75. The molecule has 0 fully saturated rings. The first kappa shape index (κ1) is 16.5. The molecule has 0 amide bonds. The predicted octanol–water partition coefficient (Wildman–Crippen LogP) is 4.55. The molecule has 108 valence electrons. The SMILES string of the molecule is CCCCC(CC)(CN)Cc1cc(Br)ccc1OC. The van der Waals surface area contributed by atoms with E-state index in [1.54, 1.807) is 7.11 Å². The summed E-state index contributed by atoms with van der Waals surface area (Å²) >= 11 is 3.54. The van der Waals surface area contributed by atoms with Gasteiger partial charge in [-0.05, 0) is 55.0 Å². The molecule has 0 aromatic heterocycles. The summed E-state index contributed by atoms with van der Waals surface area (Å²) in [6, 6.07) is 6.20. The zero-order chi connectivity index (χ0) is 14.3. The Hall–Kier alpha value is -0.540. The Labute approximate surface area is 125 Å². The molecule has 0 aliphatic carbocycles. The Morgan fingerprint density at radius 3 is 2.58 bits per heavy atom. The zero-order valence-electron chi connectivity index (χ0n) is 12.3. The quantitative estimate of drug-likeness (QED) is 0.760. The molecule has 0 saturated carbocycles. The van der Waals surface area contributed by atoms with Crippen LogP contribution in [0, 0.1) is 5.41 Å². The van der Waals surface area contributed by atoms with Crippen LogP contribution in [-0.2, 0) is 6.42 Å². The van der Waals surface area contributed by atoms with Gasteiger partial charge in [-0.1, -0.05) is 42.6 Å². The first-order valence-electron chi connectivity index (χ1n) is 7.13. The van der Waals surface area contributed by atoms with Gasteiger partial charge in [-0.25, -0.2) is 0 Å². The first-order chi connectivity index (χ1) is 9.10. The minimum absolute atomic E-state index is 0.198. The summed E-state index contributed by atoms with van der Waals surface area (Å²) in [6.07, 6.45) is 5.74. The van der Waals surface area contributed by atoms with Gasteiger partial charge in [-0.2, -0.15) is 0 Å². The monoisotopic (exact) mass is 327 g/mol. The maximum atomic E-state index is 6.08. The molecule has 2 N–H and O–H groups in total. The van der Waals surface area contributed by atoms with Gasteiger partial charge in [-0.3, -0.25) is 0 Å². The van der Waals surface area contributed by atoms with Gasteiger partial charge in [-0.15, -0.1) is 0 Å². The van der Waals surface area contributed by atoms with E-state index in [0.717, 1.165) is 29.6 Å². The van der Waals surface area contributed by atoms with Crippen molar-refractivity contribution in [3.8, 4) is 5.75 Å². The van der Waals surface area contributed by atoms with Crippen molar-refractivity contribution in [2.24, 2.45) is 11.1 Å². The number of unbranched alkanes of at least 4 members (excludes halogenated alkanes) is 1. The second kappa shape index (κ2) is 7.91. The Balaban J connectivity index is 2.98. The molecule has 2 nitrogen and oxygen atoms in total. The van der Waals surface area contributed by atoms with E-state index >= 15 is 0 Å². The lowest BCUT2D eigenvalue weighted by Crippen LogP contribution is -2.32. The van der Waals surface area contributed by atoms with E-state index in [-0.39, 0.29) is 5.41 Å². The minimum atomic E-state index is 0.198. The third kappa shape index (κ3) is 4.50. The molecule has 1 aromatic rings. The summed E-state index contributed by atoms with van der Waals surface area (Å²) in [6.45, 7) is 5.21. The fraction of sp³-hybridized carbons (Fsp3) is 0.625. The lowest BCUT2D eigenvalue weighted by Gasteiger charge is -2.32. The molecule has 1 unspecified atom stereocenters. The summed E-state index contributed by atoms with van der Waals surface area (Å²) in [5, 5.41) is 0. The standard InChI is InChI=1S/C16H26BrNO/c1-4-6-9-16(5-2,12-18)11-13-10-14(17)7-8-15(13)19-3/h7-8,10H,4-6,9,11-12,18H2,1-3H3. The highest BCUT2D eigenvalue weighted by Crippen LogP contribution is 2.36. The Morgan fingerprint density at radius 1 is 1.32 bits per heavy atom. The van der Waals surface area contributed by atoms with Crippen LogP contribution in [0.3, 0.4) is 0 Å². The highest BCUT2D eigenvalue weighted by atomic mass is 79.9. The van der Waals surface area contributed by atoms with Crippen LogP contribution in [0.15, 0.2) is 22.7 Å². The van der Waals surface area contributed by atoms with Gasteiger partial charge in [0.15, 0.2) is 0 Å². The van der Waals surface area contributed by atoms with E-state index in [2.05, 4.69) is 35.8 Å². The van der Waals surface area contributed by atoms with Crippen LogP contribution in [-0.4, -0.2) is 13.7 Å². The molecule has 0 spiro atoms. The van der Waals surface area contributed by atoms with Crippen LogP contribution >= 0.6 is 15.9 Å². The first-order valence-corrected chi connectivity index (χ1v) is 7.92. The number of hydrogen-bond acceptors (Lipinski definition) is 2. The van der Waals surface area contributed by atoms with Gasteiger partial charge in [0.2, 0.25) is 0 Å². The Kier molecular flexibility index (Phi) is 6.87. The highest BCUT2D eigenvalue weighted by molar-refractivity contribution is 9.10. The molecule has 0 heterocycles. The number of benzene rings is 1. The van der Waals surface area contributed by atoms with Crippen LogP contribution in [0.4, 0.5) is 0 Å². The van der Waals surface area contributed by atoms with Crippen LogP contribution < -0.4 is 10.5 Å². The number of rotatable bonds is 8. The number of halogens is 1. The summed E-state index contributed by atoms with van der Waals surface area (Å²) in [5.41, 5.74) is 7.53. The minimum Gasteiger partial charge on any atom is -0.496 e. The van der Waals surface area contributed by atoms with Gasteiger partial charge in [0.1, 0.15) is 5.75 Å². The average Bonchev–Trinajstić information content (AvgIpc) is 2.44. The maximum Gasteiger partial charge on any atom is 0.122 e. The molecule has 0 saturated heterocycles. The van der Waals surface area contributed by atoms with Gasteiger partial charge < -0.3 is 10.5 Å². The molecular weight excluding hydrogens is 302 g/mol. The second-order valence-electron chi connectivity index (χ2n) is 5.29. The van der Waals surface area contributed by atoms with E-state index < -0.39 is 0 Å². The van der Waals surface area contributed by atoms with Crippen molar-refractivity contribution in [2.75, 3.05) is 13.7 Å². The number of methoxy groups -OCH3 is 1. The summed E-state index contributed by atoms with van der Waals surface area (Å²) in [7, 11) is 1.73. The molecule has 1 aromatic carbocycles. The summed E-state index contributed by atoms with van der Waals surface area (Å²) in [5.74, 6) is 0.964. The van der Waals surface area contributed by atoms with Crippen molar-refractivity contribution >= 4 is 15.9 Å². The van der Waals surface area contributed by atoms with Crippen molar-refractivity contribution in [1.82, 2.24) is 0 Å². The van der Waals surface area contributed by atoms with Crippen molar-refractivity contribution < 1.29 is 4.74 Å². The Bertz CT molecular complexity index is 388. The molecule has 0 bridgehead atoms. The highest BCUT2D eigenvalue weighted by Gasteiger charge is 2.27. The van der Waals surface area contributed by atoms with E-state index in [0.29, 0.717) is 0 Å². The largest absolute Gasteiger partial charge is 0.496 e. The van der Waals surface area contributed by atoms with Crippen LogP contribution in [0.2, 0.25) is 0 Å². The maximum absolute atomic E-state index is 6.08. The molecule has 0 aliphatic heterocycles. The van der Waals surface area contributed by atoms with E-state index in [1.165, 1.54) is 24.8 Å². The molecule has 0 aliphatic rings. The molecule has 1 atom stereocenters. The number of nitrogens with two attached hydrogens (primary N) is 1. The van der Waals surface area contributed by atoms with Gasteiger partial charge in [0.05, 0.1) is 7.11 Å². The van der Waals surface area contributed by atoms with Gasteiger partial charge in [0, 0.05) is 4.47 Å². The van der Waals surface area contributed by atoms with Crippen LogP contribution in [0.1, 0.15) is 45.1 Å². The van der Waals surface area contributed by atoms with Crippen molar-refractivity contribution in [2.45, 2.75) is 46.0 Å². The normalized spacial score (nSPS) is 14.2. The fourth-order valence-electron chi connectivity index (χ4n) is 2.55. The van der Waals surface area contributed by atoms with Crippen molar-refractivity contribution in [3.63, 3.8) is 0 Å². The number of ether oxygens (including phenoxy) is 1. The Morgan fingerprint density at radius 2 is 2.05 bits per heavy atom. The zero-order valence-corrected chi connectivity index (χ0v) is 13.9. The predicted molar refractivity (Wildman–Crippen MR) is 85.7 cm³/mol. The van der Waals surface area contributed by atoms with Crippen LogP contribution in [0.5, 0.6) is 5.75 Å². The third-order valence-corrected chi connectivity index (χ3v) is 4.54. The third-order valence-electron chi connectivity index (χ3n) is 4.05. The van der Waals surface area contributed by atoms with Crippen molar-refractivity contribution in [3.05, 3.63) is 28.2 Å². The van der Waals surface area contributed by atoms with E-state index in [9.17, 15) is 0 Å². The fourth-order valence-corrected chi connectivity index (χ4v) is 2.96. The topological polar surface area (TPSA) is 35.2 Å². The smallest absolute Gasteiger partial charge is 0.122 e. The van der Waals surface area contributed by atoms with Crippen LogP contribution in [0.25, 0.3) is 0 Å². The molecule has 0 radical (unpaired) electrons. The van der Waals surface area contributed by atoms with Gasteiger partial charge >= 0.3 is 0 Å². The number of hydrogen-bond donors (Lipinski definition) is 1. The van der Waals surface area contributed by atoms with Crippen molar-refractivity contribution in [1.29, 1.82) is 0 Å². The molecule has 3 heteroatoms. The van der Waals surface area contributed by atoms with E-state index in [4.69, 9.17) is 10.5 Å². The molecule has 19 heavy (non-hydrogen) atoms. The average molecular weight is 328 g/mol. The van der Waals surface area contributed by atoms with Gasteiger partial charge in [0.25, 0.3) is 0 Å². The molecule has 1 rings (SSSR count). The molecular formula is C16H26BrNO.